The highest BCUT2D eigenvalue weighted by atomic mass is 32.2. The van der Waals surface area contributed by atoms with E-state index < -0.39 is 46.2 Å². The van der Waals surface area contributed by atoms with E-state index in [2.05, 4.69) is 11.6 Å². The third-order valence-corrected chi connectivity index (χ3v) is 8.25. The van der Waals surface area contributed by atoms with Crippen molar-refractivity contribution in [1.29, 1.82) is 0 Å². The normalized spacial score (nSPS) is 17.3. The summed E-state index contributed by atoms with van der Waals surface area (Å²) >= 11 is 1.03. The lowest BCUT2D eigenvalue weighted by Gasteiger charge is -2.37. The minimum atomic E-state index is -4.92. The molecule has 1 atom stereocenters. The third kappa shape index (κ3) is 5.43. The van der Waals surface area contributed by atoms with Gasteiger partial charge in [0.1, 0.15) is 24.2 Å². The zero-order chi connectivity index (χ0) is 29.5. The summed E-state index contributed by atoms with van der Waals surface area (Å²) in [6.07, 6.45) is -3.75. The van der Waals surface area contributed by atoms with Crippen molar-refractivity contribution in [3.05, 3.63) is 64.6 Å². The van der Waals surface area contributed by atoms with Gasteiger partial charge in [0.2, 0.25) is 5.91 Å². The summed E-state index contributed by atoms with van der Waals surface area (Å²) in [5.41, 5.74) is -2.61. The molecule has 3 heterocycles. The highest BCUT2D eigenvalue weighted by molar-refractivity contribution is 7.99. The van der Waals surface area contributed by atoms with Gasteiger partial charge in [-0.1, -0.05) is 6.58 Å². The standard InChI is InChI=1S/C27H25F5N4O4S/c1-3-21(37)34-6-8-35(9-7-34)25-18-11-19(27(30,31)32)22(17-5-4-15(28)10-20(17)29)24-23(18)36(26(38)33-25)16(13-41-24)12-40-14-39-2/h3-5,10-11,16H,1,6-9,12-14H2,2H3. The minimum absolute atomic E-state index is 0.0138. The van der Waals surface area contributed by atoms with Crippen LogP contribution in [0.3, 0.4) is 0 Å². The van der Waals surface area contributed by atoms with Crippen molar-refractivity contribution < 1.29 is 36.2 Å². The molecule has 1 amide bonds. The average Bonchev–Trinajstić information content (AvgIpc) is 2.94. The van der Waals surface area contributed by atoms with Gasteiger partial charge < -0.3 is 19.3 Å². The van der Waals surface area contributed by atoms with E-state index in [1.54, 1.807) is 4.90 Å². The summed E-state index contributed by atoms with van der Waals surface area (Å²) in [7, 11) is 1.43. The number of anilines is 1. The Morgan fingerprint density at radius 1 is 1.20 bits per heavy atom. The van der Waals surface area contributed by atoms with Gasteiger partial charge in [-0.15, -0.1) is 11.8 Å². The van der Waals surface area contributed by atoms with E-state index in [0.29, 0.717) is 6.07 Å². The number of nitrogens with zero attached hydrogens (tertiary/aromatic N) is 4. The monoisotopic (exact) mass is 596 g/mol. The molecule has 2 aromatic carbocycles. The molecule has 1 fully saturated rings. The van der Waals surface area contributed by atoms with Crippen molar-refractivity contribution in [2.24, 2.45) is 0 Å². The van der Waals surface area contributed by atoms with Crippen LogP contribution < -0.4 is 10.6 Å². The first kappa shape index (κ1) is 29.0. The van der Waals surface area contributed by atoms with Crippen molar-refractivity contribution in [3.8, 4) is 11.1 Å². The molecule has 14 heteroatoms. The lowest BCUT2D eigenvalue weighted by Crippen LogP contribution is -2.49. The molecular formula is C27H25F5N4O4S. The fraction of sp³-hybridized carbons (Fsp3) is 0.370. The summed E-state index contributed by atoms with van der Waals surface area (Å²) in [5, 5.41) is 0.0469. The first-order chi connectivity index (χ1) is 19.5. The zero-order valence-electron chi connectivity index (χ0n) is 21.8. The summed E-state index contributed by atoms with van der Waals surface area (Å²) in [4.78, 5) is 33.0. The van der Waals surface area contributed by atoms with Gasteiger partial charge in [0.25, 0.3) is 0 Å². The smallest absolute Gasteiger partial charge is 0.359 e. The molecule has 3 aromatic rings. The summed E-state index contributed by atoms with van der Waals surface area (Å²) in [6, 6.07) is 2.64. The molecule has 0 saturated carbocycles. The van der Waals surface area contributed by atoms with Crippen LogP contribution in [0.25, 0.3) is 22.0 Å². The van der Waals surface area contributed by atoms with E-state index in [9.17, 15) is 27.2 Å². The van der Waals surface area contributed by atoms with Crippen LogP contribution in [0.5, 0.6) is 0 Å². The topological polar surface area (TPSA) is 76.9 Å². The van der Waals surface area contributed by atoms with Gasteiger partial charge in [0.05, 0.1) is 23.7 Å². The quantitative estimate of drug-likeness (QED) is 0.173. The number of rotatable bonds is 7. The number of piperazine rings is 1. The molecule has 0 N–H and O–H groups in total. The molecule has 1 aromatic heterocycles. The maximum Gasteiger partial charge on any atom is 0.417 e. The molecule has 0 bridgehead atoms. The molecule has 1 unspecified atom stereocenters. The van der Waals surface area contributed by atoms with Crippen LogP contribution in [-0.4, -0.2) is 72.8 Å². The van der Waals surface area contributed by atoms with E-state index in [0.717, 1.165) is 30.0 Å². The number of alkyl halides is 3. The Morgan fingerprint density at radius 3 is 2.56 bits per heavy atom. The van der Waals surface area contributed by atoms with Crippen molar-refractivity contribution in [3.63, 3.8) is 0 Å². The van der Waals surface area contributed by atoms with Crippen LogP contribution in [0.1, 0.15) is 11.6 Å². The van der Waals surface area contributed by atoms with E-state index in [1.807, 2.05) is 0 Å². The number of hydrogen-bond acceptors (Lipinski definition) is 7. The first-order valence-corrected chi connectivity index (χ1v) is 13.5. The predicted molar refractivity (Wildman–Crippen MR) is 143 cm³/mol. The van der Waals surface area contributed by atoms with Crippen molar-refractivity contribution >= 4 is 34.4 Å². The Kier molecular flexibility index (Phi) is 8.08. The fourth-order valence-corrected chi connectivity index (χ4v) is 6.49. The molecule has 2 aliphatic heterocycles. The number of carbonyl (C=O) groups excluding carboxylic acids is 1. The molecule has 0 aliphatic carbocycles. The number of benzene rings is 2. The van der Waals surface area contributed by atoms with Crippen LogP contribution in [0.15, 0.2) is 46.6 Å². The first-order valence-electron chi connectivity index (χ1n) is 12.6. The SMILES string of the molecule is C=CC(=O)N1CCN(c2nc(=O)n3c4c(c(-c5ccc(F)cc5F)c(C(F)(F)F)cc24)SCC3COCOC)CC1. The van der Waals surface area contributed by atoms with Gasteiger partial charge >= 0.3 is 11.9 Å². The maximum atomic E-state index is 15.0. The zero-order valence-corrected chi connectivity index (χ0v) is 22.7. The van der Waals surface area contributed by atoms with Crippen molar-refractivity contribution in [2.45, 2.75) is 17.1 Å². The largest absolute Gasteiger partial charge is 0.417 e. The number of methoxy groups -OCH3 is 1. The molecule has 8 nitrogen and oxygen atoms in total. The Bertz CT molecular complexity index is 1570. The number of thioether (sulfide) groups is 1. The van der Waals surface area contributed by atoms with Gasteiger partial charge in [-0.25, -0.2) is 13.6 Å². The van der Waals surface area contributed by atoms with E-state index >= 15 is 4.39 Å². The van der Waals surface area contributed by atoms with E-state index in [4.69, 9.17) is 9.47 Å². The number of amides is 1. The van der Waals surface area contributed by atoms with Crippen LogP contribution in [0.2, 0.25) is 0 Å². The summed E-state index contributed by atoms with van der Waals surface area (Å²) in [5.74, 6) is -2.22. The second-order valence-electron chi connectivity index (χ2n) is 9.49. The molecule has 2 aliphatic rings. The van der Waals surface area contributed by atoms with Crippen LogP contribution in [-0.2, 0) is 20.4 Å². The minimum Gasteiger partial charge on any atom is -0.359 e. The number of aromatic nitrogens is 2. The molecular weight excluding hydrogens is 571 g/mol. The van der Waals surface area contributed by atoms with Gasteiger partial charge in [0, 0.05) is 66.5 Å². The van der Waals surface area contributed by atoms with E-state index in [-0.39, 0.29) is 72.9 Å². The van der Waals surface area contributed by atoms with Crippen LogP contribution >= 0.6 is 11.8 Å². The second kappa shape index (κ2) is 11.4. The summed E-state index contributed by atoms with van der Waals surface area (Å²) in [6.45, 7) is 4.34. The van der Waals surface area contributed by atoms with Gasteiger partial charge in [-0.2, -0.15) is 18.2 Å². The highest BCUT2D eigenvalue weighted by Gasteiger charge is 2.40. The molecule has 41 heavy (non-hydrogen) atoms. The lowest BCUT2D eigenvalue weighted by atomic mass is 9.95. The molecule has 5 rings (SSSR count). The van der Waals surface area contributed by atoms with E-state index in [1.165, 1.54) is 22.7 Å². The third-order valence-electron chi connectivity index (χ3n) is 7.01. The maximum absolute atomic E-state index is 15.0. The Labute approximate surface area is 235 Å². The number of carbonyl (C=O) groups is 1. The highest BCUT2D eigenvalue weighted by Crippen LogP contribution is 2.50. The molecule has 218 valence electrons. The second-order valence-corrected chi connectivity index (χ2v) is 10.5. The number of ether oxygens (including phenoxy) is 2. The fourth-order valence-electron chi connectivity index (χ4n) is 5.17. The Balaban J connectivity index is 1.78. The van der Waals surface area contributed by atoms with Crippen LogP contribution in [0.4, 0.5) is 27.8 Å². The van der Waals surface area contributed by atoms with Gasteiger partial charge in [-0.05, 0) is 24.3 Å². The van der Waals surface area contributed by atoms with Crippen molar-refractivity contribution in [2.75, 3.05) is 57.3 Å². The van der Waals surface area contributed by atoms with Crippen molar-refractivity contribution in [1.82, 2.24) is 14.5 Å². The number of hydrogen-bond donors (Lipinski definition) is 0. The van der Waals surface area contributed by atoms with Gasteiger partial charge in [-0.3, -0.25) is 9.36 Å². The molecule has 1 saturated heterocycles. The predicted octanol–water partition coefficient (Wildman–Crippen LogP) is 4.46. The molecule has 0 radical (unpaired) electrons. The number of halogens is 5. The summed E-state index contributed by atoms with van der Waals surface area (Å²) < 4.78 is 84.3. The van der Waals surface area contributed by atoms with Gasteiger partial charge in [0.15, 0.2) is 0 Å². The average molecular weight is 597 g/mol. The Hall–Kier alpha value is -3.49. The Morgan fingerprint density at radius 2 is 1.93 bits per heavy atom. The lowest BCUT2D eigenvalue weighted by molar-refractivity contribution is -0.137. The van der Waals surface area contributed by atoms with Crippen LogP contribution in [0, 0.1) is 11.6 Å². The molecule has 0 spiro atoms.